The van der Waals surface area contributed by atoms with Gasteiger partial charge in [-0.15, -0.1) is 0 Å². The van der Waals surface area contributed by atoms with Crippen LogP contribution in [-0.2, 0) is 20.8 Å². The molecule has 1 saturated carbocycles. The Bertz CT molecular complexity index is 1670. The molecular weight excluding hydrogens is 548 g/mol. The van der Waals surface area contributed by atoms with Crippen LogP contribution in [0.5, 0.6) is 5.75 Å². The number of Topliss-reactive ketones (excluding diaryl/α,β-unsaturated/α-hetero) is 2. The summed E-state index contributed by atoms with van der Waals surface area (Å²) < 4.78 is 0. The molecule has 0 aromatic heterocycles. The number of aromatic hydroxyl groups is 1. The van der Waals surface area contributed by atoms with E-state index in [0.29, 0.717) is 5.56 Å². The minimum atomic E-state index is -2.57. The van der Waals surface area contributed by atoms with E-state index in [-0.39, 0.29) is 48.0 Å². The van der Waals surface area contributed by atoms with E-state index < -0.39 is 52.0 Å². The lowest BCUT2D eigenvalue weighted by Crippen LogP contribution is -2.58. The van der Waals surface area contributed by atoms with Crippen molar-refractivity contribution in [2.75, 3.05) is 19.6 Å². The van der Waals surface area contributed by atoms with Gasteiger partial charge in [0, 0.05) is 36.3 Å². The number of fused-ring (bicyclic) bond motifs is 4. The summed E-state index contributed by atoms with van der Waals surface area (Å²) in [6.07, 6.45) is 15.3. The second-order valence-electron chi connectivity index (χ2n) is 12.6. The fourth-order valence-electron chi connectivity index (χ4n) is 8.20. The predicted molar refractivity (Wildman–Crippen MR) is 158 cm³/mol. The van der Waals surface area contributed by atoms with E-state index >= 15 is 0 Å². The third-order valence-corrected chi connectivity index (χ3v) is 10.3. The molecule has 9 heteroatoms. The average molecular weight is 583 g/mol. The standard InChI is InChI=1S/C34H34N2O7/c35-33(42)29-26(38)15-19-13-18-14-24-23(9-10-25(37)28(24)30(39)27(18)31(40)34(19,43)32(29)41)22-8-7-17(16-36-11-3-4-12-36)20-5-1-2-6-21(20)22/h1-2,5-10,18-21,37,39,41,43H,3-4,11-16H2,(H2,35,42)/t18-,19+,20?,21?,34+/m1/s1. The number of aliphatic hydroxyl groups is 3. The molecule has 2 fully saturated rings. The first-order valence-electron chi connectivity index (χ1n) is 14.9. The molecule has 0 bridgehead atoms. The van der Waals surface area contributed by atoms with Crippen LogP contribution >= 0.6 is 0 Å². The quantitative estimate of drug-likeness (QED) is 0.338. The fraction of sp³-hybridized carbons (Fsp3) is 0.382. The minimum absolute atomic E-state index is 0.0529. The Labute approximate surface area is 248 Å². The van der Waals surface area contributed by atoms with Gasteiger partial charge >= 0.3 is 0 Å². The third-order valence-electron chi connectivity index (χ3n) is 10.3. The van der Waals surface area contributed by atoms with Gasteiger partial charge in [-0.2, -0.15) is 0 Å². The Morgan fingerprint density at radius 1 is 1.00 bits per heavy atom. The number of rotatable bonds is 4. The van der Waals surface area contributed by atoms with Crippen molar-refractivity contribution in [3.05, 3.63) is 87.8 Å². The molecule has 0 spiro atoms. The van der Waals surface area contributed by atoms with E-state index in [2.05, 4.69) is 35.3 Å². The number of hydrogen-bond donors (Lipinski definition) is 5. The number of carbonyl (C=O) groups excluding carboxylic acids is 3. The molecule has 1 saturated heterocycles. The van der Waals surface area contributed by atoms with E-state index in [9.17, 15) is 34.8 Å². The van der Waals surface area contributed by atoms with Gasteiger partial charge in [0.1, 0.15) is 22.8 Å². The van der Waals surface area contributed by atoms with Crippen molar-refractivity contribution >= 4 is 28.8 Å². The topological polar surface area (TPSA) is 161 Å². The van der Waals surface area contributed by atoms with Crippen molar-refractivity contribution in [3.63, 3.8) is 0 Å². The molecule has 222 valence electrons. The summed E-state index contributed by atoms with van der Waals surface area (Å²) in [5.74, 6) is -6.05. The van der Waals surface area contributed by atoms with Crippen LogP contribution in [-0.4, -0.2) is 68.0 Å². The summed E-state index contributed by atoms with van der Waals surface area (Å²) in [6.45, 7) is 3.11. The summed E-state index contributed by atoms with van der Waals surface area (Å²) in [6, 6.07) is 3.35. The van der Waals surface area contributed by atoms with Crippen molar-refractivity contribution in [1.29, 1.82) is 0 Å². The lowest BCUT2D eigenvalue weighted by molar-refractivity contribution is -0.147. The average Bonchev–Trinajstić information content (AvgIpc) is 3.49. The van der Waals surface area contributed by atoms with Crippen LogP contribution in [0.3, 0.4) is 0 Å². The second kappa shape index (κ2) is 9.92. The van der Waals surface area contributed by atoms with Gasteiger partial charge < -0.3 is 26.2 Å². The molecule has 7 rings (SSSR count). The highest BCUT2D eigenvalue weighted by atomic mass is 16.3. The summed E-state index contributed by atoms with van der Waals surface area (Å²) in [7, 11) is 0. The maximum Gasteiger partial charge on any atom is 0.255 e. The van der Waals surface area contributed by atoms with E-state index in [4.69, 9.17) is 5.73 Å². The SMILES string of the molecule is NC(=O)C1=C(O)[C@@]2(O)C(=O)C3=C(O)c4c(O)ccc(C5=CC=C(CN6CCCC6)C6C=CC=CC56)c4C[C@H]3C[C@H]2CC1=O. The first kappa shape index (κ1) is 27.6. The van der Waals surface area contributed by atoms with E-state index in [1.165, 1.54) is 24.5 Å². The number of phenolic OH excluding ortho intramolecular Hbond substituents is 1. The normalized spacial score (nSPS) is 31.7. The lowest BCUT2D eigenvalue weighted by Gasteiger charge is -2.46. The van der Waals surface area contributed by atoms with Crippen LogP contribution in [0, 0.1) is 23.7 Å². The molecule has 1 aromatic rings. The van der Waals surface area contributed by atoms with Crippen LogP contribution < -0.4 is 5.73 Å². The van der Waals surface area contributed by atoms with Crippen LogP contribution in [0.1, 0.15) is 42.4 Å². The number of amides is 1. The minimum Gasteiger partial charge on any atom is -0.508 e. The molecule has 1 amide bonds. The molecule has 5 atom stereocenters. The number of primary amides is 1. The van der Waals surface area contributed by atoms with Crippen LogP contribution in [0.25, 0.3) is 11.3 Å². The molecule has 5 aliphatic carbocycles. The Morgan fingerprint density at radius 2 is 1.72 bits per heavy atom. The molecule has 6 N–H and O–H groups in total. The number of benzene rings is 1. The molecule has 1 aliphatic heterocycles. The first-order chi connectivity index (χ1) is 20.6. The molecule has 43 heavy (non-hydrogen) atoms. The molecule has 2 unspecified atom stereocenters. The summed E-state index contributed by atoms with van der Waals surface area (Å²) in [4.78, 5) is 40.9. The lowest BCUT2D eigenvalue weighted by atomic mass is 9.59. The van der Waals surface area contributed by atoms with Gasteiger partial charge in [-0.3, -0.25) is 19.3 Å². The summed E-state index contributed by atoms with van der Waals surface area (Å²) in [5.41, 5.74) is 5.83. The summed E-state index contributed by atoms with van der Waals surface area (Å²) in [5, 5.41) is 44.8. The van der Waals surface area contributed by atoms with Gasteiger partial charge in [0.05, 0.1) is 5.56 Å². The van der Waals surface area contributed by atoms with Gasteiger partial charge in [-0.05, 0) is 73.0 Å². The monoisotopic (exact) mass is 582 g/mol. The van der Waals surface area contributed by atoms with Gasteiger partial charge in [-0.1, -0.05) is 42.5 Å². The second-order valence-corrected chi connectivity index (χ2v) is 12.6. The van der Waals surface area contributed by atoms with E-state index in [1.54, 1.807) is 0 Å². The zero-order chi connectivity index (χ0) is 30.2. The zero-order valence-electron chi connectivity index (χ0n) is 23.6. The van der Waals surface area contributed by atoms with Gasteiger partial charge in [0.25, 0.3) is 5.91 Å². The number of phenols is 1. The van der Waals surface area contributed by atoms with Gasteiger partial charge in [-0.25, -0.2) is 0 Å². The van der Waals surface area contributed by atoms with Crippen molar-refractivity contribution in [3.8, 4) is 5.75 Å². The number of carbonyl (C=O) groups is 3. The Hall–Kier alpha value is -4.21. The first-order valence-corrected chi connectivity index (χ1v) is 14.9. The molecule has 1 aromatic carbocycles. The maximum atomic E-state index is 13.8. The van der Waals surface area contributed by atoms with Crippen molar-refractivity contribution in [2.24, 2.45) is 29.4 Å². The maximum absolute atomic E-state index is 13.8. The van der Waals surface area contributed by atoms with Crippen molar-refractivity contribution < 1.29 is 34.8 Å². The number of allylic oxidation sites excluding steroid dienone is 7. The number of likely N-dealkylation sites (tertiary alicyclic amines) is 1. The highest BCUT2D eigenvalue weighted by Crippen LogP contribution is 2.53. The molecule has 1 heterocycles. The smallest absolute Gasteiger partial charge is 0.255 e. The van der Waals surface area contributed by atoms with Gasteiger partial charge in [0.2, 0.25) is 5.78 Å². The van der Waals surface area contributed by atoms with Crippen molar-refractivity contribution in [2.45, 2.75) is 37.7 Å². The van der Waals surface area contributed by atoms with E-state index in [1.807, 2.05) is 12.1 Å². The number of aliphatic hydroxyl groups excluding tert-OH is 2. The van der Waals surface area contributed by atoms with Crippen LogP contribution in [0.15, 0.2) is 71.1 Å². The number of hydrogen-bond acceptors (Lipinski definition) is 8. The number of ketones is 2. The Balaban J connectivity index is 1.33. The zero-order valence-corrected chi connectivity index (χ0v) is 23.6. The molecular formula is C34H34N2O7. The van der Waals surface area contributed by atoms with E-state index in [0.717, 1.165) is 30.8 Å². The highest BCUT2D eigenvalue weighted by Gasteiger charge is 2.60. The van der Waals surface area contributed by atoms with Crippen LogP contribution in [0.4, 0.5) is 0 Å². The Morgan fingerprint density at radius 3 is 2.44 bits per heavy atom. The summed E-state index contributed by atoms with van der Waals surface area (Å²) >= 11 is 0. The molecule has 6 aliphatic rings. The van der Waals surface area contributed by atoms with Crippen LogP contribution in [0.2, 0.25) is 0 Å². The number of nitrogens with two attached hydrogens (primary N) is 1. The fourth-order valence-corrected chi connectivity index (χ4v) is 8.20. The Kier molecular flexibility index (Phi) is 6.37. The molecule has 0 radical (unpaired) electrons. The largest absolute Gasteiger partial charge is 0.508 e. The highest BCUT2D eigenvalue weighted by molar-refractivity contribution is 6.22. The van der Waals surface area contributed by atoms with Gasteiger partial charge in [0.15, 0.2) is 11.4 Å². The number of nitrogens with zero attached hydrogens (tertiary/aromatic N) is 1. The molecule has 9 nitrogen and oxygen atoms in total. The third kappa shape index (κ3) is 4.02. The predicted octanol–water partition coefficient (Wildman–Crippen LogP) is 3.20. The van der Waals surface area contributed by atoms with Crippen molar-refractivity contribution in [1.82, 2.24) is 4.90 Å².